The number of rotatable bonds is 3. The van der Waals surface area contributed by atoms with Crippen molar-refractivity contribution in [3.63, 3.8) is 0 Å². The minimum Gasteiger partial charge on any atom is -0.392 e. The molecule has 1 amide bonds. The van der Waals surface area contributed by atoms with Gasteiger partial charge in [0.15, 0.2) is 0 Å². The Labute approximate surface area is 105 Å². The lowest BCUT2D eigenvalue weighted by molar-refractivity contribution is 0.0949. The second kappa shape index (κ2) is 5.27. The van der Waals surface area contributed by atoms with E-state index in [1.165, 1.54) is 0 Å². The molecule has 1 aromatic rings. The monoisotopic (exact) mass is 256 g/mol. The quantitative estimate of drug-likeness (QED) is 0.814. The van der Waals surface area contributed by atoms with Gasteiger partial charge in [0.05, 0.1) is 11.0 Å². The number of carbonyl (C=O) groups excluding carboxylic acids is 1. The zero-order chi connectivity index (χ0) is 12.3. The molecular weight excluding hydrogens is 244 g/mol. The van der Waals surface area contributed by atoms with Crippen LogP contribution in [0.15, 0.2) is 18.2 Å². The van der Waals surface area contributed by atoms with Gasteiger partial charge >= 0.3 is 0 Å². The molecule has 0 saturated carbocycles. The summed E-state index contributed by atoms with van der Waals surface area (Å²) in [6.07, 6.45) is 0. The smallest absolute Gasteiger partial charge is 0.251 e. The Kier molecular flexibility index (Phi) is 4.26. The number of halogens is 1. The van der Waals surface area contributed by atoms with Gasteiger partial charge < -0.3 is 11.1 Å². The van der Waals surface area contributed by atoms with Crippen LogP contribution in [0.3, 0.4) is 0 Å². The van der Waals surface area contributed by atoms with Gasteiger partial charge in [-0.05, 0) is 37.6 Å². The van der Waals surface area contributed by atoms with E-state index in [9.17, 15) is 4.79 Å². The fourth-order valence-electron chi connectivity index (χ4n) is 1.22. The van der Waals surface area contributed by atoms with Crippen LogP contribution in [0.4, 0.5) is 0 Å². The summed E-state index contributed by atoms with van der Waals surface area (Å²) in [6, 6.07) is 4.82. The fourth-order valence-corrected chi connectivity index (χ4v) is 1.57. The van der Waals surface area contributed by atoms with E-state index in [-0.39, 0.29) is 16.9 Å². The Hall–Kier alpha value is -1.13. The van der Waals surface area contributed by atoms with Crippen molar-refractivity contribution in [2.24, 2.45) is 5.73 Å². The molecule has 0 heterocycles. The van der Waals surface area contributed by atoms with E-state index < -0.39 is 0 Å². The van der Waals surface area contributed by atoms with Crippen LogP contribution in [0.5, 0.6) is 0 Å². The highest BCUT2D eigenvalue weighted by molar-refractivity contribution is 7.80. The second-order valence-corrected chi connectivity index (χ2v) is 4.52. The number of aryl methyl sites for hydroxylation is 1. The SMILES string of the molecule is Cc1cc(Cl)cc(C(=O)NC(C)C(N)=S)c1. The van der Waals surface area contributed by atoms with Crippen molar-refractivity contribution in [3.8, 4) is 0 Å². The van der Waals surface area contributed by atoms with Gasteiger partial charge in [0.1, 0.15) is 0 Å². The molecule has 0 fully saturated rings. The molecule has 1 rings (SSSR count). The molecule has 0 saturated heterocycles. The third-order valence-corrected chi connectivity index (χ3v) is 2.65. The molecule has 0 aliphatic carbocycles. The van der Waals surface area contributed by atoms with E-state index in [2.05, 4.69) is 5.32 Å². The molecule has 0 bridgehead atoms. The minimum atomic E-state index is -0.332. The molecule has 3 nitrogen and oxygen atoms in total. The number of hydrogen-bond donors (Lipinski definition) is 2. The summed E-state index contributed by atoms with van der Waals surface area (Å²) in [5, 5.41) is 3.22. The van der Waals surface area contributed by atoms with Gasteiger partial charge in [-0.15, -0.1) is 0 Å². The lowest BCUT2D eigenvalue weighted by atomic mass is 10.1. The molecule has 1 aromatic carbocycles. The average Bonchev–Trinajstić information content (AvgIpc) is 2.15. The average molecular weight is 257 g/mol. The maximum absolute atomic E-state index is 11.8. The maximum Gasteiger partial charge on any atom is 0.251 e. The third kappa shape index (κ3) is 3.47. The molecule has 3 N–H and O–H groups in total. The first-order valence-electron chi connectivity index (χ1n) is 4.77. The van der Waals surface area contributed by atoms with Gasteiger partial charge in [-0.25, -0.2) is 0 Å². The molecule has 1 unspecified atom stereocenters. The van der Waals surface area contributed by atoms with E-state index in [1.807, 2.05) is 6.92 Å². The van der Waals surface area contributed by atoms with Crippen molar-refractivity contribution in [2.45, 2.75) is 19.9 Å². The lowest BCUT2D eigenvalue weighted by Gasteiger charge is -2.12. The summed E-state index contributed by atoms with van der Waals surface area (Å²) in [7, 11) is 0. The standard InChI is InChI=1S/C11H13ClN2OS/c1-6-3-8(5-9(12)4-6)11(15)14-7(2)10(13)16/h3-5,7H,1-2H3,(H2,13,16)(H,14,15). The highest BCUT2D eigenvalue weighted by Gasteiger charge is 2.12. The third-order valence-electron chi connectivity index (χ3n) is 2.08. The van der Waals surface area contributed by atoms with Gasteiger partial charge in [0.2, 0.25) is 0 Å². The largest absolute Gasteiger partial charge is 0.392 e. The van der Waals surface area contributed by atoms with Gasteiger partial charge in [0.25, 0.3) is 5.91 Å². The number of carbonyl (C=O) groups is 1. The highest BCUT2D eigenvalue weighted by Crippen LogP contribution is 2.14. The Balaban J connectivity index is 2.84. The molecular formula is C11H13ClN2OS. The van der Waals surface area contributed by atoms with E-state index in [0.717, 1.165) is 5.56 Å². The molecule has 16 heavy (non-hydrogen) atoms. The Morgan fingerprint density at radius 1 is 1.50 bits per heavy atom. The first-order chi connectivity index (χ1) is 7.40. The van der Waals surface area contributed by atoms with Crippen LogP contribution in [-0.2, 0) is 0 Å². The molecule has 1 atom stereocenters. The fraction of sp³-hybridized carbons (Fsp3) is 0.273. The summed E-state index contributed by atoms with van der Waals surface area (Å²) in [5.41, 5.74) is 6.85. The summed E-state index contributed by atoms with van der Waals surface area (Å²) >= 11 is 10.6. The zero-order valence-corrected chi connectivity index (χ0v) is 10.7. The van der Waals surface area contributed by atoms with Crippen molar-refractivity contribution in [1.82, 2.24) is 5.32 Å². The molecule has 5 heteroatoms. The Morgan fingerprint density at radius 3 is 2.62 bits per heavy atom. The normalized spacial score (nSPS) is 11.9. The van der Waals surface area contributed by atoms with Gasteiger partial charge in [-0.3, -0.25) is 4.79 Å². The van der Waals surface area contributed by atoms with Crippen LogP contribution in [0.1, 0.15) is 22.8 Å². The molecule has 86 valence electrons. The van der Waals surface area contributed by atoms with Gasteiger partial charge in [-0.1, -0.05) is 23.8 Å². The molecule has 0 aliphatic heterocycles. The summed E-state index contributed by atoms with van der Waals surface area (Å²) in [4.78, 5) is 12.0. The van der Waals surface area contributed by atoms with Crippen molar-refractivity contribution in [1.29, 1.82) is 0 Å². The topological polar surface area (TPSA) is 55.1 Å². The summed E-state index contributed by atoms with van der Waals surface area (Å²) < 4.78 is 0. The lowest BCUT2D eigenvalue weighted by Crippen LogP contribution is -2.41. The Bertz CT molecular complexity index is 414. The maximum atomic E-state index is 11.8. The molecule has 0 aliphatic rings. The van der Waals surface area contributed by atoms with Crippen LogP contribution in [0.2, 0.25) is 5.02 Å². The van der Waals surface area contributed by atoms with Crippen molar-refractivity contribution < 1.29 is 4.79 Å². The van der Waals surface area contributed by atoms with Crippen LogP contribution in [0.25, 0.3) is 0 Å². The predicted molar refractivity (Wildman–Crippen MR) is 69.9 cm³/mol. The van der Waals surface area contributed by atoms with Crippen LogP contribution >= 0.6 is 23.8 Å². The second-order valence-electron chi connectivity index (χ2n) is 3.61. The van der Waals surface area contributed by atoms with Gasteiger partial charge in [0, 0.05) is 10.6 Å². The van der Waals surface area contributed by atoms with E-state index >= 15 is 0 Å². The van der Waals surface area contributed by atoms with E-state index in [0.29, 0.717) is 10.6 Å². The summed E-state index contributed by atoms with van der Waals surface area (Å²) in [5.74, 6) is -0.231. The predicted octanol–water partition coefficient (Wildman–Crippen LogP) is 2.05. The van der Waals surface area contributed by atoms with Crippen LogP contribution in [0, 0.1) is 6.92 Å². The number of benzene rings is 1. The molecule has 0 aromatic heterocycles. The van der Waals surface area contributed by atoms with Crippen molar-refractivity contribution in [2.75, 3.05) is 0 Å². The molecule has 0 radical (unpaired) electrons. The first-order valence-corrected chi connectivity index (χ1v) is 5.56. The van der Waals surface area contributed by atoms with Crippen LogP contribution < -0.4 is 11.1 Å². The molecule has 0 spiro atoms. The summed E-state index contributed by atoms with van der Waals surface area (Å²) in [6.45, 7) is 3.61. The van der Waals surface area contributed by atoms with Crippen molar-refractivity contribution >= 4 is 34.7 Å². The van der Waals surface area contributed by atoms with Crippen molar-refractivity contribution in [3.05, 3.63) is 34.3 Å². The minimum absolute atomic E-state index is 0.231. The number of amides is 1. The van der Waals surface area contributed by atoms with E-state index in [4.69, 9.17) is 29.6 Å². The number of thiocarbonyl (C=S) groups is 1. The number of hydrogen-bond acceptors (Lipinski definition) is 2. The number of nitrogens with two attached hydrogens (primary N) is 1. The van der Waals surface area contributed by atoms with Crippen LogP contribution in [-0.4, -0.2) is 16.9 Å². The highest BCUT2D eigenvalue weighted by atomic mass is 35.5. The first kappa shape index (κ1) is 12.9. The Morgan fingerprint density at radius 2 is 2.12 bits per heavy atom. The zero-order valence-electron chi connectivity index (χ0n) is 9.08. The van der Waals surface area contributed by atoms with E-state index in [1.54, 1.807) is 25.1 Å². The van der Waals surface area contributed by atoms with Gasteiger partial charge in [-0.2, -0.15) is 0 Å². The number of nitrogens with one attached hydrogen (secondary N) is 1.